The van der Waals surface area contributed by atoms with Crippen molar-refractivity contribution in [1.82, 2.24) is 0 Å². The van der Waals surface area contributed by atoms with Gasteiger partial charge in [-0.15, -0.1) is 0 Å². The van der Waals surface area contributed by atoms with Gasteiger partial charge >= 0.3 is 0 Å². The first kappa shape index (κ1) is 56.0. The van der Waals surface area contributed by atoms with Crippen LogP contribution in [-0.4, -0.2) is 11.7 Å². The lowest BCUT2D eigenvalue weighted by molar-refractivity contribution is 0.299. The van der Waals surface area contributed by atoms with Crippen LogP contribution < -0.4 is 0 Å². The van der Waals surface area contributed by atoms with Gasteiger partial charge in [-0.05, 0) is 67.4 Å². The van der Waals surface area contributed by atoms with Crippen LogP contribution in [0.15, 0.2) is 273 Å². The van der Waals surface area contributed by atoms with E-state index >= 15 is 0 Å². The Balaban J connectivity index is 0.000000366. The fourth-order valence-electron chi connectivity index (χ4n) is 5.05. The average molecular weight is 859 g/mol. The van der Waals surface area contributed by atoms with E-state index in [0.717, 1.165) is 6.42 Å². The lowest BCUT2D eigenvalue weighted by atomic mass is 10.2. The minimum Gasteiger partial charge on any atom is -0.396 e. The van der Waals surface area contributed by atoms with Crippen molar-refractivity contribution in [2.75, 3.05) is 6.61 Å². The van der Waals surface area contributed by atoms with Crippen LogP contribution in [0.1, 0.15) is 50.1 Å². The van der Waals surface area contributed by atoms with Crippen molar-refractivity contribution in [2.45, 2.75) is 61.8 Å². The maximum atomic E-state index is 8.52. The standard InChI is InChI=1S/C8H10O.8C7H8/c9-7-6-8-4-2-1-3-5-8;8*1-7-5-3-2-4-6-7/h1-5,9H,6-7H2;8*2-6H,1H3. The first-order chi connectivity index (χ1) is 31.6. The van der Waals surface area contributed by atoms with E-state index in [0.29, 0.717) is 0 Å². The first-order valence-electron chi connectivity index (χ1n) is 22.4. The predicted molar refractivity (Wildman–Crippen MR) is 287 cm³/mol. The van der Waals surface area contributed by atoms with Crippen LogP contribution in [0.4, 0.5) is 0 Å². The second kappa shape index (κ2) is 39.8. The largest absolute Gasteiger partial charge is 0.396 e. The number of aryl methyl sites for hydroxylation is 8. The molecule has 0 heterocycles. The lowest BCUT2D eigenvalue weighted by Gasteiger charge is -1.93. The highest BCUT2D eigenvalue weighted by molar-refractivity contribution is 5.17. The van der Waals surface area contributed by atoms with Gasteiger partial charge in [-0.2, -0.15) is 0 Å². The summed E-state index contributed by atoms with van der Waals surface area (Å²) < 4.78 is 0. The van der Waals surface area contributed by atoms with Crippen LogP contribution in [0.25, 0.3) is 0 Å². The van der Waals surface area contributed by atoms with Gasteiger partial charge in [-0.25, -0.2) is 0 Å². The van der Waals surface area contributed by atoms with E-state index in [9.17, 15) is 0 Å². The van der Waals surface area contributed by atoms with Crippen LogP contribution in [0.3, 0.4) is 0 Å². The zero-order valence-electron chi connectivity index (χ0n) is 40.3. The summed E-state index contributed by atoms with van der Waals surface area (Å²) in [4.78, 5) is 0. The Hall–Kier alpha value is -7.06. The Morgan fingerprint density at radius 1 is 0.200 bits per heavy atom. The van der Waals surface area contributed by atoms with Crippen molar-refractivity contribution in [3.8, 4) is 0 Å². The highest BCUT2D eigenvalue weighted by Crippen LogP contribution is 1.99. The van der Waals surface area contributed by atoms with E-state index in [2.05, 4.69) is 152 Å². The number of aliphatic hydroxyl groups excluding tert-OH is 1. The molecule has 0 radical (unpaired) electrons. The van der Waals surface area contributed by atoms with Gasteiger partial charge in [0.1, 0.15) is 0 Å². The van der Waals surface area contributed by atoms with Crippen molar-refractivity contribution in [3.05, 3.63) is 323 Å². The summed E-state index contributed by atoms with van der Waals surface area (Å²) in [5.41, 5.74) is 11.8. The Kier molecular flexibility index (Phi) is 34.2. The molecule has 1 heteroatoms. The van der Waals surface area contributed by atoms with Crippen LogP contribution in [-0.2, 0) is 6.42 Å². The molecular formula is C64H74O. The number of benzene rings is 9. The monoisotopic (exact) mass is 859 g/mol. The summed E-state index contributed by atoms with van der Waals surface area (Å²) in [6.07, 6.45) is 0.765. The zero-order valence-corrected chi connectivity index (χ0v) is 40.3. The van der Waals surface area contributed by atoms with Crippen LogP contribution >= 0.6 is 0 Å². The minimum atomic E-state index is 0.240. The number of rotatable bonds is 2. The summed E-state index contributed by atoms with van der Waals surface area (Å²) >= 11 is 0. The molecule has 0 saturated heterocycles. The molecule has 0 bridgehead atoms. The topological polar surface area (TPSA) is 20.2 Å². The molecule has 0 aromatic heterocycles. The highest BCUT2D eigenvalue weighted by Gasteiger charge is 1.85. The fraction of sp³-hybridized carbons (Fsp3) is 0.156. The van der Waals surface area contributed by atoms with E-state index in [1.165, 1.54) is 50.1 Å². The Labute approximate surface area is 394 Å². The van der Waals surface area contributed by atoms with Gasteiger partial charge in [0.2, 0.25) is 0 Å². The molecule has 1 N–H and O–H groups in total. The summed E-state index contributed by atoms with van der Waals surface area (Å²) in [6, 6.07) is 92.0. The quantitative estimate of drug-likeness (QED) is 0.184. The van der Waals surface area contributed by atoms with E-state index in [1.807, 2.05) is 176 Å². The maximum Gasteiger partial charge on any atom is 0.0471 e. The molecule has 0 saturated carbocycles. The fourth-order valence-corrected chi connectivity index (χ4v) is 5.05. The second-order valence-corrected chi connectivity index (χ2v) is 15.2. The minimum absolute atomic E-state index is 0.240. The SMILES string of the molecule is Cc1ccccc1.Cc1ccccc1.Cc1ccccc1.Cc1ccccc1.Cc1ccccc1.Cc1ccccc1.Cc1ccccc1.Cc1ccccc1.OCCc1ccccc1. The lowest BCUT2D eigenvalue weighted by Crippen LogP contribution is -1.88. The third-order valence-electron chi connectivity index (χ3n) is 8.77. The summed E-state index contributed by atoms with van der Waals surface area (Å²) in [6.45, 7) is 16.9. The van der Waals surface area contributed by atoms with E-state index in [4.69, 9.17) is 5.11 Å². The summed E-state index contributed by atoms with van der Waals surface area (Å²) in [5, 5.41) is 8.52. The number of aliphatic hydroxyl groups is 1. The number of hydrogen-bond acceptors (Lipinski definition) is 1. The van der Waals surface area contributed by atoms with E-state index in [-0.39, 0.29) is 6.61 Å². The van der Waals surface area contributed by atoms with Crippen LogP contribution in [0, 0.1) is 55.4 Å². The van der Waals surface area contributed by atoms with Crippen molar-refractivity contribution in [2.24, 2.45) is 0 Å². The van der Waals surface area contributed by atoms with E-state index < -0.39 is 0 Å². The molecule has 0 spiro atoms. The smallest absolute Gasteiger partial charge is 0.0471 e. The molecule has 9 rings (SSSR count). The molecule has 0 aliphatic carbocycles. The van der Waals surface area contributed by atoms with Gasteiger partial charge in [0, 0.05) is 6.61 Å². The third kappa shape index (κ3) is 37.2. The Bertz CT molecular complexity index is 1830. The van der Waals surface area contributed by atoms with Crippen molar-refractivity contribution in [1.29, 1.82) is 0 Å². The van der Waals surface area contributed by atoms with Gasteiger partial charge in [0.05, 0.1) is 0 Å². The Morgan fingerprint density at radius 2 is 0.323 bits per heavy atom. The van der Waals surface area contributed by atoms with Gasteiger partial charge in [-0.1, -0.05) is 317 Å². The summed E-state index contributed by atoms with van der Waals surface area (Å²) in [5.74, 6) is 0. The van der Waals surface area contributed by atoms with E-state index in [1.54, 1.807) is 0 Å². The molecule has 0 aliphatic heterocycles. The van der Waals surface area contributed by atoms with Gasteiger partial charge < -0.3 is 5.11 Å². The Morgan fingerprint density at radius 3 is 0.415 bits per heavy atom. The molecule has 0 aliphatic rings. The molecule has 336 valence electrons. The van der Waals surface area contributed by atoms with Crippen LogP contribution in [0.2, 0.25) is 0 Å². The molecule has 65 heavy (non-hydrogen) atoms. The molecule has 0 fully saturated rings. The zero-order chi connectivity index (χ0) is 47.4. The van der Waals surface area contributed by atoms with Crippen molar-refractivity contribution < 1.29 is 5.11 Å². The first-order valence-corrected chi connectivity index (χ1v) is 22.4. The molecule has 9 aromatic rings. The normalized spacial score (nSPS) is 8.82. The van der Waals surface area contributed by atoms with Gasteiger partial charge in [0.25, 0.3) is 0 Å². The van der Waals surface area contributed by atoms with Crippen molar-refractivity contribution in [3.63, 3.8) is 0 Å². The molecular weight excluding hydrogens is 785 g/mol. The van der Waals surface area contributed by atoms with Gasteiger partial charge in [-0.3, -0.25) is 0 Å². The molecule has 0 atom stereocenters. The van der Waals surface area contributed by atoms with Gasteiger partial charge in [0.15, 0.2) is 0 Å². The third-order valence-corrected chi connectivity index (χ3v) is 8.77. The highest BCUT2D eigenvalue weighted by atomic mass is 16.2. The molecule has 1 nitrogen and oxygen atoms in total. The summed E-state index contributed by atoms with van der Waals surface area (Å²) in [7, 11) is 0. The maximum absolute atomic E-state index is 8.52. The predicted octanol–water partition coefficient (Wildman–Crippen LogP) is 17.2. The van der Waals surface area contributed by atoms with Crippen LogP contribution in [0.5, 0.6) is 0 Å². The molecule has 0 unspecified atom stereocenters. The molecule has 0 amide bonds. The van der Waals surface area contributed by atoms with Crippen molar-refractivity contribution >= 4 is 0 Å². The second-order valence-electron chi connectivity index (χ2n) is 15.2. The number of hydrogen-bond donors (Lipinski definition) is 1. The molecule has 9 aromatic carbocycles. The average Bonchev–Trinajstić information content (AvgIpc) is 3.33.